The number of likely N-dealkylation sites (tertiary alicyclic amines) is 1. The number of benzene rings is 1. The summed E-state index contributed by atoms with van der Waals surface area (Å²) in [6, 6.07) is 4.12. The van der Waals surface area contributed by atoms with Gasteiger partial charge in [0.25, 0.3) is 0 Å². The molecule has 0 bridgehead atoms. The summed E-state index contributed by atoms with van der Waals surface area (Å²) in [5.74, 6) is 1.42. The summed E-state index contributed by atoms with van der Waals surface area (Å²) in [6.45, 7) is 10.8. The highest BCUT2D eigenvalue weighted by Gasteiger charge is 2.41. The predicted molar refractivity (Wildman–Crippen MR) is 141 cm³/mol. The van der Waals surface area contributed by atoms with Crippen molar-refractivity contribution in [3.63, 3.8) is 0 Å². The first kappa shape index (κ1) is 26.8. The predicted octanol–water partition coefficient (Wildman–Crippen LogP) is 6.54. The van der Waals surface area contributed by atoms with Crippen LogP contribution in [-0.4, -0.2) is 53.9 Å². The van der Waals surface area contributed by atoms with E-state index in [1.54, 1.807) is 6.07 Å². The molecule has 4 nitrogen and oxygen atoms in total. The van der Waals surface area contributed by atoms with Crippen molar-refractivity contribution in [3.05, 3.63) is 47.2 Å². The number of nitrogens with zero attached hydrogens (tertiary/aromatic N) is 1. The lowest BCUT2D eigenvalue weighted by Crippen LogP contribution is -2.46. The van der Waals surface area contributed by atoms with Gasteiger partial charge in [-0.1, -0.05) is 32.9 Å². The fourth-order valence-electron chi connectivity index (χ4n) is 6.91. The van der Waals surface area contributed by atoms with Gasteiger partial charge in [0.1, 0.15) is 0 Å². The van der Waals surface area contributed by atoms with Crippen LogP contribution in [0.5, 0.6) is 0 Å². The van der Waals surface area contributed by atoms with E-state index in [9.17, 15) is 18.3 Å². The van der Waals surface area contributed by atoms with Gasteiger partial charge < -0.3 is 19.7 Å². The number of nitrogens with one attached hydrogen (secondary N) is 1. The molecular formula is C30H41F3N2O2. The van der Waals surface area contributed by atoms with Gasteiger partial charge in [-0.3, -0.25) is 0 Å². The first-order chi connectivity index (χ1) is 17.6. The molecular weight excluding hydrogens is 477 g/mol. The topological polar surface area (TPSA) is 48.5 Å². The number of hydrogen-bond donors (Lipinski definition) is 2. The average Bonchev–Trinajstić information content (AvgIpc) is 3.24. The maximum absolute atomic E-state index is 13.4. The molecule has 1 aromatic carbocycles. The lowest BCUT2D eigenvalue weighted by Gasteiger charge is -2.45. The smallest absolute Gasteiger partial charge is 0.389 e. The van der Waals surface area contributed by atoms with Crippen LogP contribution < -0.4 is 0 Å². The van der Waals surface area contributed by atoms with Crippen molar-refractivity contribution >= 4 is 10.9 Å². The first-order valence-corrected chi connectivity index (χ1v) is 14.0. The molecule has 3 heterocycles. The van der Waals surface area contributed by atoms with Crippen molar-refractivity contribution in [2.24, 2.45) is 23.2 Å². The molecule has 2 N–H and O–H groups in total. The number of alkyl halides is 3. The Morgan fingerprint density at radius 3 is 2.70 bits per heavy atom. The molecule has 0 spiro atoms. The van der Waals surface area contributed by atoms with Crippen molar-refractivity contribution in [1.82, 2.24) is 9.88 Å². The summed E-state index contributed by atoms with van der Waals surface area (Å²) in [5, 5.41) is 11.1. The minimum absolute atomic E-state index is 0.0567. The Labute approximate surface area is 218 Å². The molecule has 0 radical (unpaired) electrons. The van der Waals surface area contributed by atoms with Crippen LogP contribution >= 0.6 is 0 Å². The number of H-pyrrole nitrogens is 1. The number of fused-ring (bicyclic) bond motifs is 4. The van der Waals surface area contributed by atoms with Gasteiger partial charge in [0, 0.05) is 36.4 Å². The molecule has 0 saturated carbocycles. The van der Waals surface area contributed by atoms with E-state index in [0.29, 0.717) is 11.8 Å². The number of aromatic amines is 1. The minimum Gasteiger partial charge on any atom is -0.389 e. The van der Waals surface area contributed by atoms with Crippen molar-refractivity contribution < 1.29 is 23.0 Å². The zero-order valence-corrected chi connectivity index (χ0v) is 22.3. The summed E-state index contributed by atoms with van der Waals surface area (Å²) in [5.41, 5.74) is 2.53. The quantitative estimate of drug-likeness (QED) is 0.427. The molecule has 2 fully saturated rings. The van der Waals surface area contributed by atoms with Gasteiger partial charge in [-0.15, -0.1) is 0 Å². The van der Waals surface area contributed by atoms with E-state index in [4.69, 9.17) is 4.74 Å². The number of piperidine rings is 1. The lowest BCUT2D eigenvalue weighted by molar-refractivity contribution is -0.137. The number of aromatic nitrogens is 1. The Morgan fingerprint density at radius 1 is 1.24 bits per heavy atom. The molecule has 1 unspecified atom stereocenters. The highest BCUT2D eigenvalue weighted by Crippen LogP contribution is 2.47. The van der Waals surface area contributed by atoms with Gasteiger partial charge >= 0.3 is 6.18 Å². The summed E-state index contributed by atoms with van der Waals surface area (Å²) >= 11 is 0. The van der Waals surface area contributed by atoms with Crippen LogP contribution in [0, 0.1) is 23.2 Å². The Bertz CT molecular complexity index is 1120. The number of allylic oxidation sites excluding steroid dienone is 1. The molecule has 3 aliphatic rings. The SMILES string of the molecule is CC(C)C(O)C=CC1(CCN2CC[C@@H]3Cc4[nH]c5ccc(C(F)(F)F)cc5c4[C@H](C)[C@H]3C2)CCOCC1. The maximum Gasteiger partial charge on any atom is 0.416 e. The number of ether oxygens (including phenoxy) is 1. The Kier molecular flexibility index (Phi) is 7.51. The Hall–Kier alpha value is -1.83. The normalized spacial score (nSPS) is 27.5. The van der Waals surface area contributed by atoms with Crippen molar-refractivity contribution in [2.45, 2.75) is 71.1 Å². The molecule has 0 amide bonds. The van der Waals surface area contributed by atoms with Crippen LogP contribution in [0.1, 0.15) is 69.2 Å². The molecule has 37 heavy (non-hydrogen) atoms. The Balaban J connectivity index is 1.31. The first-order valence-electron chi connectivity index (χ1n) is 14.0. The monoisotopic (exact) mass is 518 g/mol. The fraction of sp³-hybridized carbons (Fsp3) is 0.667. The van der Waals surface area contributed by atoms with Gasteiger partial charge in [0.15, 0.2) is 0 Å². The average molecular weight is 519 g/mol. The third-order valence-electron chi connectivity index (χ3n) is 9.45. The van der Waals surface area contributed by atoms with Crippen molar-refractivity contribution in [2.75, 3.05) is 32.8 Å². The molecule has 1 aromatic heterocycles. The summed E-state index contributed by atoms with van der Waals surface area (Å²) < 4.78 is 46.0. The van der Waals surface area contributed by atoms with Crippen LogP contribution in [-0.2, 0) is 17.3 Å². The highest BCUT2D eigenvalue weighted by molar-refractivity contribution is 5.86. The number of aliphatic hydroxyl groups excluding tert-OH is 1. The molecule has 2 saturated heterocycles. The molecule has 5 rings (SSSR count). The van der Waals surface area contributed by atoms with E-state index in [2.05, 4.69) is 22.9 Å². The van der Waals surface area contributed by atoms with E-state index >= 15 is 0 Å². The molecule has 2 aliphatic heterocycles. The number of hydrogen-bond acceptors (Lipinski definition) is 3. The van der Waals surface area contributed by atoms with Crippen LogP contribution in [0.15, 0.2) is 30.4 Å². The fourth-order valence-corrected chi connectivity index (χ4v) is 6.91. The van der Waals surface area contributed by atoms with Crippen LogP contribution in [0.4, 0.5) is 13.2 Å². The van der Waals surface area contributed by atoms with Gasteiger partial charge in [0.05, 0.1) is 11.7 Å². The zero-order valence-electron chi connectivity index (χ0n) is 22.3. The Morgan fingerprint density at radius 2 is 2.00 bits per heavy atom. The summed E-state index contributed by atoms with van der Waals surface area (Å²) in [6.07, 6.45) is 4.51. The number of rotatable bonds is 6. The third-order valence-corrected chi connectivity index (χ3v) is 9.45. The zero-order chi connectivity index (χ0) is 26.4. The second-order valence-electron chi connectivity index (χ2n) is 12.1. The molecule has 2 aromatic rings. The minimum atomic E-state index is -4.33. The third kappa shape index (κ3) is 5.50. The van der Waals surface area contributed by atoms with E-state index in [-0.39, 0.29) is 17.3 Å². The van der Waals surface area contributed by atoms with Gasteiger partial charge in [-0.2, -0.15) is 13.2 Å². The second-order valence-corrected chi connectivity index (χ2v) is 12.1. The molecule has 7 heteroatoms. The van der Waals surface area contributed by atoms with Gasteiger partial charge in [-0.25, -0.2) is 0 Å². The molecule has 1 aliphatic carbocycles. The molecule has 4 atom stereocenters. The van der Waals surface area contributed by atoms with Crippen molar-refractivity contribution in [3.8, 4) is 0 Å². The van der Waals surface area contributed by atoms with Crippen LogP contribution in [0.3, 0.4) is 0 Å². The van der Waals surface area contributed by atoms with E-state index in [1.165, 1.54) is 12.1 Å². The second kappa shape index (κ2) is 10.4. The number of aliphatic hydroxyl groups is 1. The summed E-state index contributed by atoms with van der Waals surface area (Å²) in [4.78, 5) is 6.02. The lowest BCUT2D eigenvalue weighted by atomic mass is 9.68. The summed E-state index contributed by atoms with van der Waals surface area (Å²) in [7, 11) is 0. The van der Waals surface area contributed by atoms with Gasteiger partial charge in [0.2, 0.25) is 0 Å². The highest BCUT2D eigenvalue weighted by atomic mass is 19.4. The van der Waals surface area contributed by atoms with Crippen LogP contribution in [0.25, 0.3) is 10.9 Å². The number of halogens is 3. The maximum atomic E-state index is 13.4. The van der Waals surface area contributed by atoms with Gasteiger partial charge in [-0.05, 0) is 98.0 Å². The largest absolute Gasteiger partial charge is 0.416 e. The van der Waals surface area contributed by atoms with Crippen LogP contribution in [0.2, 0.25) is 0 Å². The van der Waals surface area contributed by atoms with E-state index < -0.39 is 17.8 Å². The van der Waals surface area contributed by atoms with E-state index in [0.717, 1.165) is 87.1 Å². The molecule has 204 valence electrons. The van der Waals surface area contributed by atoms with Crippen molar-refractivity contribution in [1.29, 1.82) is 0 Å². The van der Waals surface area contributed by atoms with E-state index in [1.807, 2.05) is 19.9 Å². The standard InChI is InChI=1S/C30H41F3N2O2/c1-19(2)27(36)6-8-29(10-14-37-15-11-29)9-13-35-12-7-21-16-26-28(20(3)24(21)18-35)23-17-22(30(31,32)33)4-5-25(23)34-26/h4-6,8,17,19-21,24,27,34,36H,7,9-16,18H2,1-3H3/t20-,21-,24-,27?/m1/s1.